The van der Waals surface area contributed by atoms with Crippen LogP contribution in [0.4, 0.5) is 0 Å². The van der Waals surface area contributed by atoms with E-state index in [1.165, 1.54) is 109 Å². The van der Waals surface area contributed by atoms with Crippen molar-refractivity contribution in [2.75, 3.05) is 6.61 Å². The van der Waals surface area contributed by atoms with Gasteiger partial charge in [0.1, 0.15) is 36.6 Å². The van der Waals surface area contributed by atoms with E-state index in [-0.39, 0.29) is 12.8 Å². The zero-order valence-corrected chi connectivity index (χ0v) is 37.8. The first kappa shape index (κ1) is 56.1. The van der Waals surface area contributed by atoms with E-state index in [2.05, 4.69) is 31.3 Å². The lowest BCUT2D eigenvalue weighted by molar-refractivity contribution is -0.220. The first-order valence-corrected chi connectivity index (χ1v) is 25.2. The van der Waals surface area contributed by atoms with Crippen molar-refractivity contribution in [1.82, 2.24) is 5.32 Å². The molecule has 0 aromatic rings. The Morgan fingerprint density at radius 3 is 1.42 bits per heavy atom. The van der Waals surface area contributed by atoms with Gasteiger partial charge in [0.05, 0.1) is 31.3 Å². The van der Waals surface area contributed by atoms with E-state index >= 15 is 0 Å². The summed E-state index contributed by atoms with van der Waals surface area (Å²) in [5.41, 5.74) is 0. The van der Waals surface area contributed by atoms with Crippen molar-refractivity contribution in [1.29, 1.82) is 0 Å². The third-order valence-corrected chi connectivity index (χ3v) is 12.6. The molecule has 0 saturated heterocycles. The van der Waals surface area contributed by atoms with Gasteiger partial charge in [-0.1, -0.05) is 174 Å². The van der Waals surface area contributed by atoms with E-state index in [1.807, 2.05) is 0 Å². The standard InChI is InChI=1S/C45H88NO12P/c1-3-5-7-9-11-13-15-16-17-18-19-20-21-22-23-25-27-29-31-33-38(48)37(35-57-59(55,56)58-45-43(53)41(51)40(50)42(52)44(45)54)46-39(49)34-36(47)32-30-28-26-24-14-12-10-8-6-4-2/h12,14,36-38,40-45,47-48,50-54H,3-11,13,15-35H2,1-2H3,(H,46,49)(H,55,56)/b14-12-. The van der Waals surface area contributed by atoms with Crippen LogP contribution in [-0.4, -0.2) is 108 Å². The number of hydrogen-bond donors (Lipinski definition) is 9. The molecule has 9 N–H and O–H groups in total. The van der Waals surface area contributed by atoms with E-state index in [0.29, 0.717) is 12.8 Å². The van der Waals surface area contributed by atoms with Gasteiger partial charge in [0, 0.05) is 0 Å². The van der Waals surface area contributed by atoms with Crippen LogP contribution in [-0.2, 0) is 18.4 Å². The summed E-state index contributed by atoms with van der Waals surface area (Å²) in [5, 5.41) is 74.5. The third-order valence-electron chi connectivity index (χ3n) is 11.6. The van der Waals surface area contributed by atoms with E-state index in [1.54, 1.807) is 0 Å². The summed E-state index contributed by atoms with van der Waals surface area (Å²) >= 11 is 0. The molecule has 8 unspecified atom stereocenters. The molecule has 0 heterocycles. The van der Waals surface area contributed by atoms with Crippen LogP contribution < -0.4 is 5.32 Å². The fourth-order valence-corrected chi connectivity index (χ4v) is 8.68. The van der Waals surface area contributed by atoms with Crippen molar-refractivity contribution in [2.24, 2.45) is 0 Å². The van der Waals surface area contributed by atoms with Gasteiger partial charge in [-0.15, -0.1) is 0 Å². The lowest BCUT2D eigenvalue weighted by Gasteiger charge is -2.41. The minimum Gasteiger partial charge on any atom is -0.393 e. The number of carbonyl (C=O) groups excluding carboxylic acids is 1. The van der Waals surface area contributed by atoms with Gasteiger partial charge < -0.3 is 46.0 Å². The molecule has 59 heavy (non-hydrogen) atoms. The van der Waals surface area contributed by atoms with E-state index < -0.39 is 75.2 Å². The summed E-state index contributed by atoms with van der Waals surface area (Å²) in [6, 6.07) is -1.15. The summed E-state index contributed by atoms with van der Waals surface area (Å²) in [7, 11) is -5.11. The predicted molar refractivity (Wildman–Crippen MR) is 234 cm³/mol. The summed E-state index contributed by atoms with van der Waals surface area (Å²) in [6.07, 6.45) is 22.7. The van der Waals surface area contributed by atoms with Gasteiger partial charge in [-0.3, -0.25) is 13.8 Å². The van der Waals surface area contributed by atoms with Crippen LogP contribution >= 0.6 is 7.82 Å². The SMILES string of the molecule is CCCCC/C=C\CCCCCC(O)CC(=O)NC(COP(=O)(O)OC1C(O)C(O)C(O)C(O)C1O)C(O)CCCCCCCCCCCCCCCCCCCCC. The average Bonchev–Trinajstić information content (AvgIpc) is 3.21. The molecule has 0 aromatic carbocycles. The lowest BCUT2D eigenvalue weighted by Crippen LogP contribution is -2.64. The normalized spacial score (nSPS) is 23.6. The Kier molecular flexibility index (Phi) is 33.7. The highest BCUT2D eigenvalue weighted by Crippen LogP contribution is 2.47. The molecule has 1 fully saturated rings. The number of phosphoric acid groups is 1. The van der Waals surface area contributed by atoms with E-state index in [4.69, 9.17) is 9.05 Å². The number of rotatable bonds is 39. The highest BCUT2D eigenvalue weighted by Gasteiger charge is 2.51. The largest absolute Gasteiger partial charge is 0.472 e. The second kappa shape index (κ2) is 35.5. The van der Waals surface area contributed by atoms with Crippen LogP contribution in [0.15, 0.2) is 12.2 Å². The summed E-state index contributed by atoms with van der Waals surface area (Å²) < 4.78 is 22.9. The van der Waals surface area contributed by atoms with Crippen molar-refractivity contribution >= 4 is 13.7 Å². The minimum absolute atomic E-state index is 0.231. The average molecular weight is 866 g/mol. The maximum absolute atomic E-state index is 13.0. The van der Waals surface area contributed by atoms with E-state index in [9.17, 15) is 50.0 Å². The van der Waals surface area contributed by atoms with Crippen LogP contribution in [0.3, 0.4) is 0 Å². The fraction of sp³-hybridized carbons (Fsp3) is 0.933. The quantitative estimate of drug-likeness (QED) is 0.0164. The summed E-state index contributed by atoms with van der Waals surface area (Å²) in [5.74, 6) is -0.569. The zero-order chi connectivity index (χ0) is 43.7. The topological polar surface area (TPSA) is 226 Å². The Labute approximate surface area is 357 Å². The number of unbranched alkanes of at least 4 members (excludes halogenated alkanes) is 24. The van der Waals surface area contributed by atoms with Crippen LogP contribution in [0.5, 0.6) is 0 Å². The highest BCUT2D eigenvalue weighted by atomic mass is 31.2. The Morgan fingerprint density at radius 1 is 0.576 bits per heavy atom. The molecule has 13 nitrogen and oxygen atoms in total. The Bertz CT molecular complexity index is 1070. The predicted octanol–water partition coefficient (Wildman–Crippen LogP) is 7.81. The molecule has 14 heteroatoms. The Balaban J connectivity index is 2.49. The fourth-order valence-electron chi connectivity index (χ4n) is 7.71. The molecule has 1 aliphatic carbocycles. The number of carbonyl (C=O) groups is 1. The molecule has 1 rings (SSSR count). The number of allylic oxidation sites excluding steroid dienone is 2. The van der Waals surface area contributed by atoms with Crippen LogP contribution in [0.25, 0.3) is 0 Å². The summed E-state index contributed by atoms with van der Waals surface area (Å²) in [6.45, 7) is 3.75. The minimum atomic E-state index is -5.11. The molecule has 1 saturated carbocycles. The Hall–Kier alpha value is -0.960. The van der Waals surface area contributed by atoms with Gasteiger partial charge in [-0.25, -0.2) is 4.57 Å². The van der Waals surface area contributed by atoms with Crippen molar-refractivity contribution in [3.63, 3.8) is 0 Å². The van der Waals surface area contributed by atoms with Gasteiger partial charge in [-0.2, -0.15) is 0 Å². The van der Waals surface area contributed by atoms with Gasteiger partial charge in [-0.05, 0) is 38.5 Å². The molecule has 1 amide bonds. The molecule has 0 radical (unpaired) electrons. The lowest BCUT2D eigenvalue weighted by atomic mass is 9.85. The molecule has 1 aliphatic rings. The molecule has 0 bridgehead atoms. The number of aliphatic hydroxyl groups is 7. The number of nitrogens with one attached hydrogen (secondary N) is 1. The number of amides is 1. The van der Waals surface area contributed by atoms with Gasteiger partial charge in [0.15, 0.2) is 0 Å². The molecule has 0 spiro atoms. The number of phosphoric ester groups is 1. The van der Waals surface area contributed by atoms with Gasteiger partial charge >= 0.3 is 7.82 Å². The van der Waals surface area contributed by atoms with Crippen LogP contribution in [0.1, 0.15) is 206 Å². The second-order valence-corrected chi connectivity index (χ2v) is 18.6. The smallest absolute Gasteiger partial charge is 0.393 e. The zero-order valence-electron chi connectivity index (χ0n) is 36.9. The van der Waals surface area contributed by atoms with Gasteiger partial charge in [0.25, 0.3) is 0 Å². The monoisotopic (exact) mass is 866 g/mol. The van der Waals surface area contributed by atoms with E-state index in [0.717, 1.165) is 57.8 Å². The number of aliphatic hydroxyl groups excluding tert-OH is 7. The molecule has 8 atom stereocenters. The van der Waals surface area contributed by atoms with Crippen molar-refractivity contribution < 1.29 is 59.0 Å². The molecule has 0 aromatic heterocycles. The van der Waals surface area contributed by atoms with Gasteiger partial charge in [0.2, 0.25) is 5.91 Å². The first-order valence-electron chi connectivity index (χ1n) is 23.7. The van der Waals surface area contributed by atoms with Crippen LogP contribution in [0.2, 0.25) is 0 Å². The van der Waals surface area contributed by atoms with Crippen molar-refractivity contribution in [3.05, 3.63) is 12.2 Å². The number of hydrogen-bond acceptors (Lipinski definition) is 11. The van der Waals surface area contributed by atoms with Crippen molar-refractivity contribution in [3.8, 4) is 0 Å². The third kappa shape index (κ3) is 27.7. The highest BCUT2D eigenvalue weighted by molar-refractivity contribution is 7.47. The Morgan fingerprint density at radius 2 is 0.949 bits per heavy atom. The maximum atomic E-state index is 13.0. The molecule has 0 aliphatic heterocycles. The molecular weight excluding hydrogens is 777 g/mol. The molecular formula is C45H88NO12P. The second-order valence-electron chi connectivity index (χ2n) is 17.1. The first-order chi connectivity index (χ1) is 28.3. The molecule has 350 valence electrons. The maximum Gasteiger partial charge on any atom is 0.472 e. The van der Waals surface area contributed by atoms with Crippen LogP contribution in [0, 0.1) is 0 Å². The summed E-state index contributed by atoms with van der Waals surface area (Å²) in [4.78, 5) is 23.4. The van der Waals surface area contributed by atoms with Crippen molar-refractivity contribution in [2.45, 2.75) is 261 Å².